The second-order valence-corrected chi connectivity index (χ2v) is 7.94. The van der Waals surface area contributed by atoms with Gasteiger partial charge in [-0.25, -0.2) is 8.42 Å². The van der Waals surface area contributed by atoms with E-state index >= 15 is 0 Å². The minimum Gasteiger partial charge on any atom is -0.454 e. The zero-order valence-electron chi connectivity index (χ0n) is 12.6. The average Bonchev–Trinajstić information content (AvgIpc) is 2.99. The van der Waals surface area contributed by atoms with Crippen molar-refractivity contribution in [1.82, 2.24) is 0 Å². The zero-order chi connectivity index (χ0) is 17.3. The Morgan fingerprint density at radius 2 is 1.83 bits per heavy atom. The van der Waals surface area contributed by atoms with Crippen molar-refractivity contribution >= 4 is 31.8 Å². The lowest BCUT2D eigenvalue weighted by molar-refractivity contribution is 0.174. The van der Waals surface area contributed by atoms with Gasteiger partial charge in [-0.2, -0.15) is 5.26 Å². The van der Waals surface area contributed by atoms with Gasteiger partial charge in [0.15, 0.2) is 11.5 Å². The quantitative estimate of drug-likeness (QED) is 0.725. The van der Waals surface area contributed by atoms with E-state index in [0.717, 1.165) is 5.56 Å². The highest BCUT2D eigenvalue weighted by molar-refractivity contribution is 9.10. The zero-order valence-corrected chi connectivity index (χ0v) is 15.0. The number of benzene rings is 2. The van der Waals surface area contributed by atoms with Gasteiger partial charge in [-0.3, -0.25) is 0 Å². The van der Waals surface area contributed by atoms with Crippen molar-refractivity contribution in [2.45, 2.75) is 11.8 Å². The molecule has 0 saturated carbocycles. The molecule has 1 heterocycles. The van der Waals surface area contributed by atoms with Gasteiger partial charge in [-0.1, -0.05) is 33.6 Å². The summed E-state index contributed by atoms with van der Waals surface area (Å²) in [5.74, 6) is 1.08. The van der Waals surface area contributed by atoms with E-state index < -0.39 is 9.84 Å². The van der Waals surface area contributed by atoms with E-state index in [9.17, 15) is 13.7 Å². The van der Waals surface area contributed by atoms with Crippen LogP contribution in [0.3, 0.4) is 0 Å². The molecule has 0 aromatic heterocycles. The molecule has 1 aliphatic rings. The highest BCUT2D eigenvalue weighted by atomic mass is 79.9. The first-order chi connectivity index (χ1) is 11.4. The maximum Gasteiger partial charge on any atom is 0.231 e. The van der Waals surface area contributed by atoms with Crippen molar-refractivity contribution in [3.8, 4) is 17.6 Å². The number of halogens is 1. The lowest BCUT2D eigenvalue weighted by Crippen LogP contribution is -2.03. The van der Waals surface area contributed by atoms with Crippen molar-refractivity contribution in [2.75, 3.05) is 6.79 Å². The topological polar surface area (TPSA) is 76.4 Å². The van der Waals surface area contributed by atoms with E-state index in [1.54, 1.807) is 30.3 Å². The van der Waals surface area contributed by atoms with Gasteiger partial charge >= 0.3 is 0 Å². The van der Waals surface area contributed by atoms with Gasteiger partial charge in [0.2, 0.25) is 16.6 Å². The van der Waals surface area contributed by atoms with Gasteiger partial charge < -0.3 is 9.47 Å². The maximum absolute atomic E-state index is 12.7. The first-order valence-electron chi connectivity index (χ1n) is 6.94. The molecule has 2 aromatic carbocycles. The third kappa shape index (κ3) is 3.03. The fourth-order valence-corrected chi connectivity index (χ4v) is 3.79. The van der Waals surface area contributed by atoms with E-state index in [0.29, 0.717) is 21.5 Å². The summed E-state index contributed by atoms with van der Waals surface area (Å²) in [7, 11) is -3.89. The molecule has 0 N–H and O–H groups in total. The van der Waals surface area contributed by atoms with Crippen LogP contribution in [0.4, 0.5) is 0 Å². The minimum absolute atomic E-state index is 0.0813. The number of aryl methyl sites for hydroxylation is 1. The fraction of sp³-hybridized carbons (Fsp3) is 0.118. The van der Waals surface area contributed by atoms with Crippen LogP contribution in [0.1, 0.15) is 11.1 Å². The minimum atomic E-state index is -3.89. The van der Waals surface area contributed by atoms with Crippen LogP contribution in [0.2, 0.25) is 0 Å². The van der Waals surface area contributed by atoms with E-state index in [1.807, 2.05) is 6.92 Å². The molecule has 0 spiro atoms. The Bertz CT molecular complexity index is 973. The van der Waals surface area contributed by atoms with Crippen molar-refractivity contribution in [3.63, 3.8) is 0 Å². The highest BCUT2D eigenvalue weighted by Gasteiger charge is 2.22. The molecule has 5 nitrogen and oxygen atoms in total. The second-order valence-electron chi connectivity index (χ2n) is 5.16. The standard InChI is InChI=1S/C17H12BrNO4S/c1-11-2-4-13(5-3-11)24(20,21)14(9-19)6-12-7-16-17(8-15(12)18)23-10-22-16/h2-8H,10H2,1H3/b14-6+. The molecule has 0 radical (unpaired) electrons. The van der Waals surface area contributed by atoms with Gasteiger partial charge in [0.1, 0.15) is 11.0 Å². The second kappa shape index (κ2) is 6.30. The number of nitrogens with zero attached hydrogens (tertiary/aromatic N) is 1. The summed E-state index contributed by atoms with van der Waals surface area (Å²) in [6.45, 7) is 1.98. The largest absolute Gasteiger partial charge is 0.454 e. The van der Waals surface area contributed by atoms with Crippen LogP contribution in [-0.2, 0) is 9.84 Å². The maximum atomic E-state index is 12.7. The molecule has 0 fully saturated rings. The van der Waals surface area contributed by atoms with Crippen molar-refractivity contribution < 1.29 is 17.9 Å². The number of sulfone groups is 1. The smallest absolute Gasteiger partial charge is 0.231 e. The lowest BCUT2D eigenvalue weighted by atomic mass is 10.2. The Labute approximate surface area is 148 Å². The van der Waals surface area contributed by atoms with E-state index in [2.05, 4.69) is 15.9 Å². The van der Waals surface area contributed by atoms with Gasteiger partial charge in [0.05, 0.1) is 4.90 Å². The van der Waals surface area contributed by atoms with Crippen LogP contribution in [-0.4, -0.2) is 15.2 Å². The molecule has 0 saturated heterocycles. The molecule has 1 aliphatic heterocycles. The number of hydrogen-bond donors (Lipinski definition) is 0. The summed E-state index contributed by atoms with van der Waals surface area (Å²) < 4.78 is 36.5. The summed E-state index contributed by atoms with van der Waals surface area (Å²) in [6.07, 6.45) is 1.32. The Hall–Kier alpha value is -2.30. The predicted molar refractivity (Wildman–Crippen MR) is 92.2 cm³/mol. The number of nitriles is 1. The number of allylic oxidation sites excluding steroid dienone is 1. The van der Waals surface area contributed by atoms with Crippen molar-refractivity contribution in [1.29, 1.82) is 5.26 Å². The molecule has 24 heavy (non-hydrogen) atoms. The van der Waals surface area contributed by atoms with Crippen LogP contribution in [0.25, 0.3) is 6.08 Å². The van der Waals surface area contributed by atoms with Crippen LogP contribution < -0.4 is 9.47 Å². The molecule has 0 bridgehead atoms. The van der Waals surface area contributed by atoms with Crippen molar-refractivity contribution in [2.24, 2.45) is 0 Å². The first kappa shape index (κ1) is 16.6. The van der Waals surface area contributed by atoms with E-state index in [4.69, 9.17) is 9.47 Å². The summed E-state index contributed by atoms with van der Waals surface area (Å²) in [5.41, 5.74) is 1.46. The Balaban J connectivity index is 2.07. The number of ether oxygens (including phenoxy) is 2. The predicted octanol–water partition coefficient (Wildman–Crippen LogP) is 3.82. The Morgan fingerprint density at radius 1 is 1.21 bits per heavy atom. The summed E-state index contributed by atoms with van der Waals surface area (Å²) in [6, 6.07) is 11.5. The normalized spacial score (nSPS) is 13.6. The molecule has 0 unspecified atom stereocenters. The van der Waals surface area contributed by atoms with E-state index in [-0.39, 0.29) is 16.6 Å². The third-order valence-corrected chi connectivity index (χ3v) is 5.88. The molecule has 0 amide bonds. The molecule has 122 valence electrons. The SMILES string of the molecule is Cc1ccc(S(=O)(=O)/C(C#N)=C/c2cc3c(cc2Br)OCO3)cc1. The molecule has 7 heteroatoms. The van der Waals surface area contributed by atoms with Crippen molar-refractivity contribution in [3.05, 3.63) is 56.9 Å². The molecular formula is C17H12BrNO4S. The third-order valence-electron chi connectivity index (χ3n) is 3.51. The molecule has 3 rings (SSSR count). The van der Waals surface area contributed by atoms with Crippen LogP contribution >= 0.6 is 15.9 Å². The monoisotopic (exact) mass is 405 g/mol. The van der Waals surface area contributed by atoms with Gasteiger partial charge in [-0.15, -0.1) is 0 Å². The van der Waals surface area contributed by atoms with E-state index in [1.165, 1.54) is 18.2 Å². The first-order valence-corrected chi connectivity index (χ1v) is 9.22. The fourth-order valence-electron chi connectivity index (χ4n) is 2.20. The summed E-state index contributed by atoms with van der Waals surface area (Å²) in [5, 5.41) is 9.35. The Morgan fingerprint density at radius 3 is 2.46 bits per heavy atom. The van der Waals surface area contributed by atoms with Gasteiger partial charge in [0, 0.05) is 4.47 Å². The molecule has 2 aromatic rings. The summed E-state index contributed by atoms with van der Waals surface area (Å²) in [4.78, 5) is -0.260. The molecule has 0 aliphatic carbocycles. The highest BCUT2D eigenvalue weighted by Crippen LogP contribution is 2.38. The van der Waals surface area contributed by atoms with Gasteiger partial charge in [0.25, 0.3) is 0 Å². The average molecular weight is 406 g/mol. The number of fused-ring (bicyclic) bond motifs is 1. The van der Waals surface area contributed by atoms with Crippen LogP contribution in [0.5, 0.6) is 11.5 Å². The summed E-state index contributed by atoms with van der Waals surface area (Å²) >= 11 is 3.36. The number of hydrogen-bond acceptors (Lipinski definition) is 5. The molecular weight excluding hydrogens is 394 g/mol. The lowest BCUT2D eigenvalue weighted by Gasteiger charge is -2.06. The molecule has 0 atom stereocenters. The van der Waals surface area contributed by atoms with Crippen LogP contribution in [0, 0.1) is 18.3 Å². The number of rotatable bonds is 3. The van der Waals surface area contributed by atoms with Gasteiger partial charge in [-0.05, 0) is 42.8 Å². The van der Waals surface area contributed by atoms with Crippen LogP contribution in [0.15, 0.2) is 50.7 Å². The Kier molecular flexibility index (Phi) is 4.35.